The van der Waals surface area contributed by atoms with Gasteiger partial charge in [0.05, 0.1) is 6.17 Å². The number of amides is 4. The van der Waals surface area contributed by atoms with Gasteiger partial charge in [-0.1, -0.05) is 34.6 Å². The first kappa shape index (κ1) is 23.5. The van der Waals surface area contributed by atoms with Crippen molar-refractivity contribution < 1.29 is 19.2 Å². The average Bonchev–Trinajstić information content (AvgIpc) is 2.99. The van der Waals surface area contributed by atoms with Crippen LogP contribution in [0.5, 0.6) is 0 Å². The predicted octanol–water partition coefficient (Wildman–Crippen LogP) is -0.0526. The van der Waals surface area contributed by atoms with Gasteiger partial charge in [-0.2, -0.15) is 0 Å². The minimum Gasteiger partial charge on any atom is -0.356 e. The van der Waals surface area contributed by atoms with Crippen molar-refractivity contribution in [2.24, 2.45) is 34.3 Å². The number of likely N-dealkylation sites (tertiary alicyclic amines) is 1. The van der Waals surface area contributed by atoms with Crippen LogP contribution < -0.4 is 21.7 Å². The highest BCUT2D eigenvalue weighted by Gasteiger charge is 2.69. The molecule has 0 unspecified atom stereocenters. The van der Waals surface area contributed by atoms with Crippen LogP contribution in [0.25, 0.3) is 0 Å². The molecule has 0 spiro atoms. The molecule has 6 atom stereocenters. The predicted molar refractivity (Wildman–Crippen MR) is 115 cm³/mol. The molecular formula is C22H37N5O4. The minimum absolute atomic E-state index is 0.0283. The van der Waals surface area contributed by atoms with Gasteiger partial charge in [0.15, 0.2) is 0 Å². The van der Waals surface area contributed by atoms with Gasteiger partial charge < -0.3 is 26.6 Å². The number of nitrogens with two attached hydrogens (primary N) is 1. The molecule has 0 radical (unpaired) electrons. The van der Waals surface area contributed by atoms with Crippen molar-refractivity contribution in [2.75, 3.05) is 13.1 Å². The lowest BCUT2D eigenvalue weighted by molar-refractivity contribution is -0.145. The van der Waals surface area contributed by atoms with Crippen LogP contribution in [0.15, 0.2) is 0 Å². The van der Waals surface area contributed by atoms with E-state index in [-0.39, 0.29) is 46.8 Å². The summed E-state index contributed by atoms with van der Waals surface area (Å²) in [5.41, 5.74) is 5.63. The molecule has 2 heterocycles. The third-order valence-electron chi connectivity index (χ3n) is 7.25. The molecule has 2 saturated heterocycles. The van der Waals surface area contributed by atoms with E-state index < -0.39 is 23.7 Å². The number of carbonyl (C=O) groups excluding carboxylic acids is 4. The molecular weight excluding hydrogens is 398 g/mol. The summed E-state index contributed by atoms with van der Waals surface area (Å²) in [6.07, 6.45) is 0.415. The normalized spacial score (nSPS) is 30.8. The summed E-state index contributed by atoms with van der Waals surface area (Å²) in [5, 5.41) is 8.39. The number of hydrogen-bond donors (Lipinski definition) is 4. The monoisotopic (exact) mass is 435 g/mol. The molecule has 9 nitrogen and oxygen atoms in total. The molecule has 0 aromatic heterocycles. The first-order valence-electron chi connectivity index (χ1n) is 11.2. The minimum atomic E-state index is -0.725. The largest absolute Gasteiger partial charge is 0.356 e. The SMILES string of the molecule is CC(=O)N[C@H](C(=O)N1C[C@H]2[C@@H]([C@H]1C(=O)N[C@H](N)C[C@@H]1CCNC1=O)C2(C)C)C(C)(C)C. The van der Waals surface area contributed by atoms with Crippen molar-refractivity contribution in [3.05, 3.63) is 0 Å². The second-order valence-electron chi connectivity index (χ2n) is 11.0. The van der Waals surface area contributed by atoms with Crippen molar-refractivity contribution in [3.63, 3.8) is 0 Å². The lowest BCUT2D eigenvalue weighted by Crippen LogP contribution is -2.60. The van der Waals surface area contributed by atoms with E-state index in [0.717, 1.165) is 0 Å². The molecule has 0 bridgehead atoms. The van der Waals surface area contributed by atoms with Gasteiger partial charge in [0.2, 0.25) is 23.6 Å². The van der Waals surface area contributed by atoms with Gasteiger partial charge in [0.1, 0.15) is 12.1 Å². The average molecular weight is 436 g/mol. The molecule has 9 heteroatoms. The second-order valence-corrected chi connectivity index (χ2v) is 11.0. The standard InChI is InChI=1S/C22H37N5O4/c1-11(28)25-17(21(2,3)4)20(31)27-10-13-15(22(13,5)6)16(27)19(30)26-14(23)9-12-7-8-24-18(12)29/h12-17H,7-10,23H2,1-6H3,(H,24,29)(H,25,28)(H,26,30)/t12-,13-,14-,15-,16-,17+/m0/s1. The zero-order valence-corrected chi connectivity index (χ0v) is 19.5. The molecule has 2 aliphatic heterocycles. The fraction of sp³-hybridized carbons (Fsp3) is 0.818. The zero-order chi connectivity index (χ0) is 23.3. The molecule has 3 rings (SSSR count). The van der Waals surface area contributed by atoms with E-state index in [4.69, 9.17) is 5.73 Å². The van der Waals surface area contributed by atoms with Crippen LogP contribution in [-0.4, -0.2) is 59.9 Å². The molecule has 1 aliphatic carbocycles. The van der Waals surface area contributed by atoms with Gasteiger partial charge in [0.25, 0.3) is 0 Å². The number of nitrogens with one attached hydrogen (secondary N) is 3. The molecule has 174 valence electrons. The lowest BCUT2D eigenvalue weighted by atomic mass is 9.85. The quantitative estimate of drug-likeness (QED) is 0.434. The van der Waals surface area contributed by atoms with E-state index in [2.05, 4.69) is 29.8 Å². The number of rotatable bonds is 6. The highest BCUT2D eigenvalue weighted by atomic mass is 16.2. The fourth-order valence-electron chi connectivity index (χ4n) is 5.33. The zero-order valence-electron chi connectivity index (χ0n) is 19.5. The number of nitrogens with zero attached hydrogens (tertiary/aromatic N) is 1. The number of carbonyl (C=O) groups is 4. The Labute approximate surface area is 184 Å². The van der Waals surface area contributed by atoms with E-state index in [1.54, 1.807) is 4.90 Å². The fourth-order valence-corrected chi connectivity index (χ4v) is 5.33. The summed E-state index contributed by atoms with van der Waals surface area (Å²) in [7, 11) is 0. The van der Waals surface area contributed by atoms with Crippen LogP contribution in [0, 0.1) is 28.6 Å². The van der Waals surface area contributed by atoms with Gasteiger partial charge in [-0.15, -0.1) is 0 Å². The molecule has 0 aromatic rings. The molecule has 1 saturated carbocycles. The number of piperidine rings is 1. The van der Waals surface area contributed by atoms with Gasteiger partial charge in [0, 0.05) is 25.9 Å². The third kappa shape index (κ3) is 4.56. The Balaban J connectivity index is 1.75. The van der Waals surface area contributed by atoms with Crippen LogP contribution in [0.1, 0.15) is 54.4 Å². The smallest absolute Gasteiger partial charge is 0.246 e. The Morgan fingerprint density at radius 2 is 1.90 bits per heavy atom. The van der Waals surface area contributed by atoms with E-state index in [9.17, 15) is 19.2 Å². The summed E-state index contributed by atoms with van der Waals surface area (Å²) in [4.78, 5) is 51.9. The van der Waals surface area contributed by atoms with E-state index in [1.807, 2.05) is 20.8 Å². The first-order chi connectivity index (χ1) is 14.2. The summed E-state index contributed by atoms with van der Waals surface area (Å²) in [6.45, 7) is 12.4. The lowest BCUT2D eigenvalue weighted by Gasteiger charge is -2.37. The molecule has 31 heavy (non-hydrogen) atoms. The Morgan fingerprint density at radius 3 is 2.42 bits per heavy atom. The Hall–Kier alpha value is -2.16. The van der Waals surface area contributed by atoms with Crippen molar-refractivity contribution in [3.8, 4) is 0 Å². The van der Waals surface area contributed by atoms with E-state index >= 15 is 0 Å². The molecule has 3 fully saturated rings. The summed E-state index contributed by atoms with van der Waals surface area (Å²) in [5.74, 6) is -0.752. The summed E-state index contributed by atoms with van der Waals surface area (Å²) in [6, 6.07) is -1.36. The molecule has 4 amide bonds. The van der Waals surface area contributed by atoms with Crippen LogP contribution >= 0.6 is 0 Å². The Morgan fingerprint density at radius 1 is 1.26 bits per heavy atom. The van der Waals surface area contributed by atoms with E-state index in [0.29, 0.717) is 25.9 Å². The maximum atomic E-state index is 13.5. The summed E-state index contributed by atoms with van der Waals surface area (Å²) >= 11 is 0. The molecule has 5 N–H and O–H groups in total. The van der Waals surface area contributed by atoms with Crippen molar-refractivity contribution in [1.29, 1.82) is 0 Å². The maximum absolute atomic E-state index is 13.5. The van der Waals surface area contributed by atoms with Crippen LogP contribution in [0.3, 0.4) is 0 Å². The topological polar surface area (TPSA) is 134 Å². The second kappa shape index (κ2) is 8.07. The highest BCUT2D eigenvalue weighted by Crippen LogP contribution is 2.65. The highest BCUT2D eigenvalue weighted by molar-refractivity contribution is 5.93. The van der Waals surface area contributed by atoms with E-state index in [1.165, 1.54) is 6.92 Å². The number of fused-ring (bicyclic) bond motifs is 1. The maximum Gasteiger partial charge on any atom is 0.246 e. The van der Waals surface area contributed by atoms with Crippen molar-refractivity contribution in [2.45, 2.75) is 72.6 Å². The Kier molecular flexibility index (Phi) is 6.12. The summed E-state index contributed by atoms with van der Waals surface area (Å²) < 4.78 is 0. The Bertz CT molecular complexity index is 774. The molecule has 0 aromatic carbocycles. The van der Waals surface area contributed by atoms with Crippen molar-refractivity contribution in [1.82, 2.24) is 20.9 Å². The molecule has 3 aliphatic rings. The first-order valence-corrected chi connectivity index (χ1v) is 11.2. The van der Waals surface area contributed by atoms with Crippen molar-refractivity contribution >= 4 is 23.6 Å². The third-order valence-corrected chi connectivity index (χ3v) is 7.25. The van der Waals surface area contributed by atoms with Crippen LogP contribution in [0.2, 0.25) is 0 Å². The van der Waals surface area contributed by atoms with Gasteiger partial charge in [-0.3, -0.25) is 19.2 Å². The van der Waals surface area contributed by atoms with Gasteiger partial charge in [-0.25, -0.2) is 0 Å². The van der Waals surface area contributed by atoms with Gasteiger partial charge in [-0.05, 0) is 35.5 Å². The van der Waals surface area contributed by atoms with Crippen LogP contribution in [-0.2, 0) is 19.2 Å². The van der Waals surface area contributed by atoms with Gasteiger partial charge >= 0.3 is 0 Å². The van der Waals surface area contributed by atoms with Crippen LogP contribution in [0.4, 0.5) is 0 Å². The number of hydrogen-bond acceptors (Lipinski definition) is 5.